The Hall–Kier alpha value is -2.60. The second-order valence-corrected chi connectivity index (χ2v) is 7.39. The highest BCUT2D eigenvalue weighted by Crippen LogP contribution is 2.25. The number of hydrogen-bond donors (Lipinski definition) is 2. The van der Waals surface area contributed by atoms with Crippen molar-refractivity contribution in [1.82, 2.24) is 5.32 Å². The van der Waals surface area contributed by atoms with Gasteiger partial charge in [0.05, 0.1) is 17.3 Å². The molecule has 4 nitrogen and oxygen atoms in total. The molecular weight excluding hydrogens is 427 g/mol. The molecule has 3 rings (SSSR count). The summed E-state index contributed by atoms with van der Waals surface area (Å²) in [6.07, 6.45) is 0.815. The van der Waals surface area contributed by atoms with Crippen molar-refractivity contribution < 1.29 is 9.53 Å². The predicted octanol–water partition coefficient (Wildman–Crippen LogP) is 5.74. The summed E-state index contributed by atoms with van der Waals surface area (Å²) in [7, 11) is 0. The molecule has 0 heterocycles. The third-order valence-electron chi connectivity index (χ3n) is 4.02. The van der Waals surface area contributed by atoms with E-state index in [4.69, 9.17) is 40.2 Å². The number of hydrogen-bond acceptors (Lipinski definition) is 3. The highest BCUT2D eigenvalue weighted by atomic mass is 35.5. The van der Waals surface area contributed by atoms with Crippen molar-refractivity contribution in [3.63, 3.8) is 0 Å². The van der Waals surface area contributed by atoms with Crippen LogP contribution in [0.15, 0.2) is 72.8 Å². The molecule has 0 spiro atoms. The van der Waals surface area contributed by atoms with E-state index >= 15 is 0 Å². The molecule has 0 aromatic heterocycles. The number of benzene rings is 3. The largest absolute Gasteiger partial charge is 0.493 e. The van der Waals surface area contributed by atoms with Gasteiger partial charge in [0.2, 0.25) is 0 Å². The normalized spacial score (nSPS) is 10.3. The van der Waals surface area contributed by atoms with E-state index in [2.05, 4.69) is 22.8 Å². The molecule has 0 saturated carbocycles. The minimum atomic E-state index is -0.337. The van der Waals surface area contributed by atoms with E-state index in [1.54, 1.807) is 42.5 Å². The van der Waals surface area contributed by atoms with Crippen LogP contribution in [0.2, 0.25) is 10.0 Å². The van der Waals surface area contributed by atoms with Gasteiger partial charge in [-0.05, 0) is 60.2 Å². The van der Waals surface area contributed by atoms with Crippen molar-refractivity contribution in [3.8, 4) is 5.75 Å². The van der Waals surface area contributed by atoms with Crippen LogP contribution in [0.5, 0.6) is 5.75 Å². The van der Waals surface area contributed by atoms with Crippen LogP contribution in [0, 0.1) is 0 Å². The monoisotopic (exact) mass is 444 g/mol. The van der Waals surface area contributed by atoms with E-state index in [1.807, 2.05) is 18.2 Å². The van der Waals surface area contributed by atoms with Crippen molar-refractivity contribution in [1.29, 1.82) is 0 Å². The molecule has 1 amide bonds. The second-order valence-electron chi connectivity index (χ2n) is 6.14. The first-order valence-corrected chi connectivity index (χ1v) is 10.0. The molecule has 29 heavy (non-hydrogen) atoms. The average molecular weight is 445 g/mol. The van der Waals surface area contributed by atoms with Gasteiger partial charge >= 0.3 is 0 Å². The molecular formula is C22H18Cl2N2O2S. The summed E-state index contributed by atoms with van der Waals surface area (Å²) in [6, 6.07) is 21.9. The summed E-state index contributed by atoms with van der Waals surface area (Å²) in [5.41, 5.74) is 2.19. The molecule has 3 aromatic carbocycles. The number of carbonyl (C=O) groups excluding carboxylic acids is 1. The van der Waals surface area contributed by atoms with Gasteiger partial charge in [0.15, 0.2) is 5.11 Å². The standard InChI is InChI=1S/C22H18Cl2N2O2S/c23-17-8-11-19(24)20(14-17)25-22(29)26-21(27)16-6-9-18(10-7-16)28-13-12-15-4-2-1-3-5-15/h1-11,14H,12-13H2,(H2,25,26,27,29). The number of ether oxygens (including phenoxy) is 1. The topological polar surface area (TPSA) is 50.4 Å². The zero-order valence-corrected chi connectivity index (χ0v) is 17.7. The molecule has 148 valence electrons. The molecule has 7 heteroatoms. The van der Waals surface area contributed by atoms with Gasteiger partial charge in [-0.15, -0.1) is 0 Å². The first-order valence-electron chi connectivity index (χ1n) is 8.85. The lowest BCUT2D eigenvalue weighted by molar-refractivity contribution is 0.0977. The fourth-order valence-electron chi connectivity index (χ4n) is 2.56. The van der Waals surface area contributed by atoms with Crippen molar-refractivity contribution >= 4 is 52.1 Å². The maximum atomic E-state index is 12.4. The first-order chi connectivity index (χ1) is 14.0. The Morgan fingerprint density at radius 3 is 2.41 bits per heavy atom. The number of rotatable bonds is 6. The van der Waals surface area contributed by atoms with E-state index in [0.717, 1.165) is 6.42 Å². The molecule has 0 atom stereocenters. The highest BCUT2D eigenvalue weighted by molar-refractivity contribution is 7.80. The SMILES string of the molecule is O=C(NC(=S)Nc1cc(Cl)ccc1Cl)c1ccc(OCCc2ccccc2)cc1. The Kier molecular flexibility index (Phi) is 7.47. The summed E-state index contributed by atoms with van der Waals surface area (Å²) in [5.74, 6) is 0.361. The second kappa shape index (κ2) is 10.3. The Morgan fingerprint density at radius 1 is 0.966 bits per heavy atom. The van der Waals surface area contributed by atoms with Crippen LogP contribution in [0.1, 0.15) is 15.9 Å². The van der Waals surface area contributed by atoms with E-state index in [1.165, 1.54) is 5.56 Å². The molecule has 0 radical (unpaired) electrons. The Labute approximate surface area is 184 Å². The fraction of sp³-hybridized carbons (Fsp3) is 0.0909. The zero-order chi connectivity index (χ0) is 20.6. The third kappa shape index (κ3) is 6.46. The molecule has 0 aliphatic carbocycles. The van der Waals surface area contributed by atoms with Gasteiger partial charge < -0.3 is 10.1 Å². The summed E-state index contributed by atoms with van der Waals surface area (Å²) in [5, 5.41) is 6.56. The third-order valence-corrected chi connectivity index (χ3v) is 4.79. The van der Waals surface area contributed by atoms with Crippen LogP contribution >= 0.6 is 35.4 Å². The quantitative estimate of drug-likeness (QED) is 0.475. The van der Waals surface area contributed by atoms with Crippen LogP contribution in [-0.2, 0) is 6.42 Å². The molecule has 0 unspecified atom stereocenters. The summed E-state index contributed by atoms with van der Waals surface area (Å²) in [4.78, 5) is 12.4. The van der Waals surface area contributed by atoms with Gasteiger partial charge in [-0.25, -0.2) is 0 Å². The van der Waals surface area contributed by atoms with Crippen LogP contribution in [0.3, 0.4) is 0 Å². The number of halogens is 2. The predicted molar refractivity (Wildman–Crippen MR) is 122 cm³/mol. The maximum absolute atomic E-state index is 12.4. The zero-order valence-electron chi connectivity index (χ0n) is 15.3. The first kappa shape index (κ1) is 21.1. The molecule has 2 N–H and O–H groups in total. The summed E-state index contributed by atoms with van der Waals surface area (Å²) in [6.45, 7) is 0.559. The highest BCUT2D eigenvalue weighted by Gasteiger charge is 2.10. The van der Waals surface area contributed by atoms with E-state index in [0.29, 0.717) is 33.7 Å². The number of nitrogens with one attached hydrogen (secondary N) is 2. The lowest BCUT2D eigenvalue weighted by atomic mass is 10.2. The summed E-state index contributed by atoms with van der Waals surface area (Å²) < 4.78 is 5.73. The van der Waals surface area contributed by atoms with Crippen LogP contribution in [0.25, 0.3) is 0 Å². The van der Waals surface area contributed by atoms with Crippen molar-refractivity contribution in [3.05, 3.63) is 94.0 Å². The molecule has 0 aliphatic rings. The van der Waals surface area contributed by atoms with Crippen molar-refractivity contribution in [2.75, 3.05) is 11.9 Å². The molecule has 0 aliphatic heterocycles. The van der Waals surface area contributed by atoms with Gasteiger partial charge in [0.1, 0.15) is 5.75 Å². The van der Waals surface area contributed by atoms with Gasteiger partial charge in [0, 0.05) is 17.0 Å². The molecule has 0 saturated heterocycles. The molecule has 3 aromatic rings. The van der Waals surface area contributed by atoms with Gasteiger partial charge in [-0.1, -0.05) is 53.5 Å². The van der Waals surface area contributed by atoms with Crippen molar-refractivity contribution in [2.45, 2.75) is 6.42 Å². The van der Waals surface area contributed by atoms with E-state index < -0.39 is 0 Å². The Balaban J connectivity index is 1.50. The lowest BCUT2D eigenvalue weighted by Gasteiger charge is -2.11. The van der Waals surface area contributed by atoms with E-state index in [-0.39, 0.29) is 11.0 Å². The fourth-order valence-corrected chi connectivity index (χ4v) is 3.10. The average Bonchev–Trinajstić information content (AvgIpc) is 2.72. The van der Waals surface area contributed by atoms with Crippen LogP contribution < -0.4 is 15.4 Å². The number of amides is 1. The maximum Gasteiger partial charge on any atom is 0.257 e. The van der Waals surface area contributed by atoms with Gasteiger partial charge in [-0.2, -0.15) is 0 Å². The smallest absolute Gasteiger partial charge is 0.257 e. The van der Waals surface area contributed by atoms with Crippen molar-refractivity contribution in [2.24, 2.45) is 0 Å². The van der Waals surface area contributed by atoms with Gasteiger partial charge in [-0.3, -0.25) is 10.1 Å². The minimum Gasteiger partial charge on any atom is -0.493 e. The molecule has 0 fully saturated rings. The number of thiocarbonyl (C=S) groups is 1. The number of anilines is 1. The Morgan fingerprint density at radius 2 is 1.69 bits per heavy atom. The van der Waals surface area contributed by atoms with Crippen LogP contribution in [0.4, 0.5) is 5.69 Å². The lowest BCUT2D eigenvalue weighted by Crippen LogP contribution is -2.34. The van der Waals surface area contributed by atoms with E-state index in [9.17, 15) is 4.79 Å². The van der Waals surface area contributed by atoms with Gasteiger partial charge in [0.25, 0.3) is 5.91 Å². The minimum absolute atomic E-state index is 0.127. The van der Waals surface area contributed by atoms with Crippen LogP contribution in [-0.4, -0.2) is 17.6 Å². The summed E-state index contributed by atoms with van der Waals surface area (Å²) >= 11 is 17.2. The molecule has 0 bridgehead atoms. The Bertz CT molecular complexity index is 995. The number of carbonyl (C=O) groups is 1.